The third-order valence-electron chi connectivity index (χ3n) is 7.86. The molecule has 2 amide bonds. The van der Waals surface area contributed by atoms with E-state index in [-0.39, 0.29) is 11.8 Å². The van der Waals surface area contributed by atoms with Gasteiger partial charge in [0.2, 0.25) is 5.91 Å². The molecule has 1 spiro atoms. The molecule has 0 aromatic heterocycles. The van der Waals surface area contributed by atoms with Crippen molar-refractivity contribution in [3.8, 4) is 0 Å². The van der Waals surface area contributed by atoms with Crippen LogP contribution in [0.1, 0.15) is 37.7 Å². The second-order valence-corrected chi connectivity index (χ2v) is 9.85. The van der Waals surface area contributed by atoms with Crippen LogP contribution in [0.2, 0.25) is 0 Å². The van der Waals surface area contributed by atoms with Gasteiger partial charge in [-0.25, -0.2) is 0 Å². The lowest BCUT2D eigenvalue weighted by Gasteiger charge is -2.43. The van der Waals surface area contributed by atoms with E-state index in [0.29, 0.717) is 32.3 Å². The molecule has 2 atom stereocenters. The number of amides is 2. The number of benzene rings is 1. The molecule has 0 radical (unpaired) electrons. The number of rotatable bonds is 4. The van der Waals surface area contributed by atoms with Gasteiger partial charge in [-0.05, 0) is 18.4 Å². The van der Waals surface area contributed by atoms with Gasteiger partial charge in [-0.1, -0.05) is 49.6 Å². The van der Waals surface area contributed by atoms with Gasteiger partial charge in [0, 0.05) is 58.4 Å². The minimum atomic E-state index is -1.06. The quantitative estimate of drug-likeness (QED) is 0.768. The first kappa shape index (κ1) is 21.9. The van der Waals surface area contributed by atoms with Gasteiger partial charge in [-0.15, -0.1) is 0 Å². The fourth-order valence-corrected chi connectivity index (χ4v) is 6.12. The number of likely N-dealkylation sites (tertiary alicyclic amines) is 1. The average molecular weight is 441 g/mol. The highest BCUT2D eigenvalue weighted by atomic mass is 16.5. The summed E-state index contributed by atoms with van der Waals surface area (Å²) in [5.74, 6) is -0.493. The second-order valence-electron chi connectivity index (χ2n) is 9.85. The van der Waals surface area contributed by atoms with Gasteiger partial charge in [0.05, 0.1) is 12.5 Å². The molecule has 32 heavy (non-hydrogen) atoms. The molecule has 1 saturated carbocycles. The van der Waals surface area contributed by atoms with Gasteiger partial charge in [-0.3, -0.25) is 19.4 Å². The number of carbonyl (C=O) groups excluding carboxylic acids is 2. The van der Waals surface area contributed by atoms with E-state index in [4.69, 9.17) is 4.74 Å². The van der Waals surface area contributed by atoms with Crippen LogP contribution in [-0.4, -0.2) is 90.6 Å². The zero-order valence-corrected chi connectivity index (χ0v) is 19.0. The van der Waals surface area contributed by atoms with E-state index in [9.17, 15) is 9.59 Å². The number of hydrogen-bond acceptors (Lipinski definition) is 5. The maximum atomic E-state index is 13.7. The molecule has 1 aromatic carbocycles. The van der Waals surface area contributed by atoms with Crippen LogP contribution in [0.5, 0.6) is 0 Å². The van der Waals surface area contributed by atoms with E-state index in [1.165, 1.54) is 37.7 Å². The maximum absolute atomic E-state index is 13.7. The third-order valence-corrected chi connectivity index (χ3v) is 7.86. The average Bonchev–Trinajstić information content (AvgIpc) is 3.20. The normalized spacial score (nSPS) is 30.6. The summed E-state index contributed by atoms with van der Waals surface area (Å²) in [5, 5.41) is 2.97. The number of nitrogens with zero attached hydrogens (tertiary/aromatic N) is 3. The Balaban J connectivity index is 1.27. The second kappa shape index (κ2) is 9.49. The van der Waals surface area contributed by atoms with Crippen molar-refractivity contribution in [2.45, 2.75) is 50.3 Å². The molecule has 3 aliphatic heterocycles. The first-order chi connectivity index (χ1) is 15.7. The third kappa shape index (κ3) is 4.30. The van der Waals surface area contributed by atoms with Gasteiger partial charge in [0.15, 0.2) is 5.60 Å². The Morgan fingerprint density at radius 2 is 1.81 bits per heavy atom. The minimum Gasteiger partial charge on any atom is -0.361 e. The first-order valence-electron chi connectivity index (χ1n) is 12.4. The Morgan fingerprint density at radius 3 is 2.53 bits per heavy atom. The van der Waals surface area contributed by atoms with E-state index in [1.54, 1.807) is 0 Å². The van der Waals surface area contributed by atoms with Gasteiger partial charge in [0.1, 0.15) is 0 Å². The summed E-state index contributed by atoms with van der Waals surface area (Å²) in [4.78, 5) is 33.5. The number of morpholine rings is 1. The molecule has 0 unspecified atom stereocenters. The van der Waals surface area contributed by atoms with Gasteiger partial charge in [-0.2, -0.15) is 0 Å². The number of nitrogens with one attached hydrogen (secondary N) is 1. The number of ether oxygens (including phenoxy) is 1. The highest BCUT2D eigenvalue weighted by Gasteiger charge is 2.58. The van der Waals surface area contributed by atoms with Gasteiger partial charge in [0.25, 0.3) is 5.91 Å². The van der Waals surface area contributed by atoms with E-state index in [0.717, 1.165) is 32.7 Å². The molecule has 1 N–H and O–H groups in total. The van der Waals surface area contributed by atoms with E-state index >= 15 is 0 Å². The summed E-state index contributed by atoms with van der Waals surface area (Å²) >= 11 is 0. The summed E-state index contributed by atoms with van der Waals surface area (Å²) in [7, 11) is 0. The summed E-state index contributed by atoms with van der Waals surface area (Å²) in [6, 6.07) is 10.9. The predicted molar refractivity (Wildman–Crippen MR) is 122 cm³/mol. The van der Waals surface area contributed by atoms with Crippen molar-refractivity contribution in [1.82, 2.24) is 20.0 Å². The summed E-state index contributed by atoms with van der Waals surface area (Å²) in [6.07, 6.45) is 6.61. The summed E-state index contributed by atoms with van der Waals surface area (Å²) < 4.78 is 6.14. The van der Waals surface area contributed by atoms with Crippen molar-refractivity contribution in [2.24, 2.45) is 5.92 Å². The first-order valence-corrected chi connectivity index (χ1v) is 12.4. The van der Waals surface area contributed by atoms with Crippen molar-refractivity contribution in [2.75, 3.05) is 52.4 Å². The van der Waals surface area contributed by atoms with Crippen LogP contribution in [0.3, 0.4) is 0 Å². The maximum Gasteiger partial charge on any atom is 0.254 e. The van der Waals surface area contributed by atoms with Crippen LogP contribution in [0, 0.1) is 5.92 Å². The zero-order valence-electron chi connectivity index (χ0n) is 19.0. The van der Waals surface area contributed by atoms with Crippen molar-refractivity contribution in [1.29, 1.82) is 0 Å². The lowest BCUT2D eigenvalue weighted by atomic mass is 9.87. The van der Waals surface area contributed by atoms with Crippen LogP contribution in [0.25, 0.3) is 0 Å². The highest BCUT2D eigenvalue weighted by molar-refractivity contribution is 5.94. The van der Waals surface area contributed by atoms with Crippen LogP contribution < -0.4 is 5.32 Å². The Bertz CT molecular complexity index is 805. The van der Waals surface area contributed by atoms with Crippen molar-refractivity contribution in [3.63, 3.8) is 0 Å². The molecule has 1 aromatic rings. The Morgan fingerprint density at radius 1 is 1.06 bits per heavy atom. The van der Waals surface area contributed by atoms with Gasteiger partial charge < -0.3 is 15.0 Å². The Hall–Kier alpha value is -1.96. The minimum absolute atomic E-state index is 0.0842. The molecule has 3 heterocycles. The molecule has 174 valence electrons. The van der Waals surface area contributed by atoms with Crippen LogP contribution >= 0.6 is 0 Å². The Kier molecular flexibility index (Phi) is 6.49. The predicted octanol–water partition coefficient (Wildman–Crippen LogP) is 1.48. The SMILES string of the molecule is O=C([C@H]1CN(Cc2ccccc2)C[C@@]12OCCNC2=O)N1CCN(C2CCCCC2)CC1. The molecule has 1 aliphatic carbocycles. The molecule has 4 fully saturated rings. The van der Waals surface area contributed by atoms with Crippen molar-refractivity contribution in [3.05, 3.63) is 35.9 Å². The van der Waals surface area contributed by atoms with E-state index in [1.807, 2.05) is 23.1 Å². The van der Waals surface area contributed by atoms with Crippen LogP contribution in [-0.2, 0) is 20.9 Å². The van der Waals surface area contributed by atoms with E-state index in [2.05, 4.69) is 27.2 Å². The standard InChI is InChI=1S/C25H36N4O3/c30-23(29-14-12-28(13-15-29)21-9-5-2-6-10-21)22-18-27(17-20-7-3-1-4-8-20)19-25(22)24(31)26-11-16-32-25/h1,3-4,7-8,21-22H,2,5-6,9-19H2,(H,26,31)/t22-,25-/m1/s1. The summed E-state index contributed by atoms with van der Waals surface area (Å²) in [5.41, 5.74) is 0.123. The molecule has 7 heteroatoms. The van der Waals surface area contributed by atoms with Crippen LogP contribution in [0.15, 0.2) is 30.3 Å². The lowest BCUT2D eigenvalue weighted by Crippen LogP contribution is -2.63. The number of carbonyl (C=O) groups is 2. The topological polar surface area (TPSA) is 65.1 Å². The van der Waals surface area contributed by atoms with Crippen molar-refractivity contribution >= 4 is 11.8 Å². The molecular formula is C25H36N4O3. The molecule has 5 rings (SSSR count). The van der Waals surface area contributed by atoms with E-state index < -0.39 is 11.5 Å². The molecule has 7 nitrogen and oxygen atoms in total. The van der Waals surface area contributed by atoms with Crippen molar-refractivity contribution < 1.29 is 14.3 Å². The number of piperazine rings is 1. The highest BCUT2D eigenvalue weighted by Crippen LogP contribution is 2.36. The zero-order chi connectivity index (χ0) is 22.0. The monoisotopic (exact) mass is 440 g/mol. The largest absolute Gasteiger partial charge is 0.361 e. The fraction of sp³-hybridized carbons (Fsp3) is 0.680. The number of hydrogen-bond donors (Lipinski definition) is 1. The fourth-order valence-electron chi connectivity index (χ4n) is 6.12. The van der Waals surface area contributed by atoms with Crippen LogP contribution in [0.4, 0.5) is 0 Å². The molecular weight excluding hydrogens is 404 g/mol. The molecule has 3 saturated heterocycles. The lowest BCUT2D eigenvalue weighted by molar-refractivity contribution is -0.167. The Labute approximate surface area is 191 Å². The molecule has 4 aliphatic rings. The molecule has 0 bridgehead atoms. The smallest absolute Gasteiger partial charge is 0.254 e. The van der Waals surface area contributed by atoms with Gasteiger partial charge >= 0.3 is 0 Å². The summed E-state index contributed by atoms with van der Waals surface area (Å²) in [6.45, 7) is 6.11.